The molecule has 2 unspecified atom stereocenters. The standard InChI is InChI=1S/C14H18N2O3/c1-8-4-9(7-19-8)14-15-10-5-12(17-2)13(18-3)6-11(10)16-14/h5-6,8-9H,4,7H2,1-3H3,(H,15,16). The highest BCUT2D eigenvalue weighted by Gasteiger charge is 2.26. The van der Waals surface area contributed by atoms with Crippen molar-refractivity contribution >= 4 is 11.0 Å². The van der Waals surface area contributed by atoms with E-state index >= 15 is 0 Å². The SMILES string of the molecule is COc1cc2nc(C3COC(C)C3)[nH]c2cc1OC. The maximum Gasteiger partial charge on any atom is 0.163 e. The molecule has 0 amide bonds. The summed E-state index contributed by atoms with van der Waals surface area (Å²) in [6, 6.07) is 3.82. The molecule has 19 heavy (non-hydrogen) atoms. The summed E-state index contributed by atoms with van der Waals surface area (Å²) in [4.78, 5) is 8.00. The molecule has 0 radical (unpaired) electrons. The van der Waals surface area contributed by atoms with Crippen LogP contribution >= 0.6 is 0 Å². The number of fused-ring (bicyclic) bond motifs is 1. The van der Waals surface area contributed by atoms with Crippen LogP contribution in [-0.4, -0.2) is 36.9 Å². The zero-order valence-electron chi connectivity index (χ0n) is 11.4. The summed E-state index contributed by atoms with van der Waals surface area (Å²) in [5.41, 5.74) is 1.86. The van der Waals surface area contributed by atoms with E-state index in [1.165, 1.54) is 0 Å². The van der Waals surface area contributed by atoms with Gasteiger partial charge in [-0.15, -0.1) is 0 Å². The molecule has 5 nitrogen and oxygen atoms in total. The van der Waals surface area contributed by atoms with Crippen molar-refractivity contribution in [3.63, 3.8) is 0 Å². The third-order valence-electron chi connectivity index (χ3n) is 3.59. The van der Waals surface area contributed by atoms with Crippen LogP contribution in [0.2, 0.25) is 0 Å². The average molecular weight is 262 g/mol. The van der Waals surface area contributed by atoms with Crippen molar-refractivity contribution in [2.24, 2.45) is 0 Å². The second kappa shape index (κ2) is 4.74. The van der Waals surface area contributed by atoms with E-state index in [-0.39, 0.29) is 0 Å². The molecule has 0 spiro atoms. The van der Waals surface area contributed by atoms with Crippen LogP contribution in [0, 0.1) is 0 Å². The van der Waals surface area contributed by atoms with E-state index in [1.807, 2.05) is 12.1 Å². The molecule has 3 rings (SSSR count). The molecule has 2 atom stereocenters. The van der Waals surface area contributed by atoms with E-state index in [9.17, 15) is 0 Å². The number of nitrogens with zero attached hydrogens (tertiary/aromatic N) is 1. The highest BCUT2D eigenvalue weighted by molar-refractivity contribution is 5.79. The predicted octanol–water partition coefficient (Wildman–Crippen LogP) is 2.47. The van der Waals surface area contributed by atoms with Crippen molar-refractivity contribution in [2.45, 2.75) is 25.4 Å². The highest BCUT2D eigenvalue weighted by Crippen LogP contribution is 2.33. The van der Waals surface area contributed by atoms with Gasteiger partial charge in [0.15, 0.2) is 11.5 Å². The molecule has 1 fully saturated rings. The molecule has 0 saturated carbocycles. The molecule has 1 aliphatic heterocycles. The van der Waals surface area contributed by atoms with Gasteiger partial charge in [-0.05, 0) is 13.3 Å². The Balaban J connectivity index is 2.00. The topological polar surface area (TPSA) is 56.4 Å². The summed E-state index contributed by atoms with van der Waals surface area (Å²) in [7, 11) is 3.26. The Bertz CT molecular complexity index is 553. The summed E-state index contributed by atoms with van der Waals surface area (Å²) < 4.78 is 16.2. The molecule has 0 aliphatic carbocycles. The number of hydrogen-bond donors (Lipinski definition) is 1. The van der Waals surface area contributed by atoms with E-state index in [2.05, 4.69) is 16.9 Å². The lowest BCUT2D eigenvalue weighted by atomic mass is 10.1. The number of hydrogen-bond acceptors (Lipinski definition) is 4. The molecular weight excluding hydrogens is 244 g/mol. The number of aromatic nitrogens is 2. The van der Waals surface area contributed by atoms with Crippen molar-refractivity contribution in [3.05, 3.63) is 18.0 Å². The largest absolute Gasteiger partial charge is 0.493 e. The third kappa shape index (κ3) is 2.14. The number of methoxy groups -OCH3 is 2. The smallest absolute Gasteiger partial charge is 0.163 e. The first-order chi connectivity index (χ1) is 9.21. The van der Waals surface area contributed by atoms with Gasteiger partial charge in [0.25, 0.3) is 0 Å². The Morgan fingerprint density at radius 1 is 1.26 bits per heavy atom. The summed E-state index contributed by atoms with van der Waals surface area (Å²) in [6.07, 6.45) is 1.32. The van der Waals surface area contributed by atoms with Gasteiger partial charge >= 0.3 is 0 Å². The van der Waals surface area contributed by atoms with Gasteiger partial charge in [-0.25, -0.2) is 4.98 Å². The van der Waals surface area contributed by atoms with Gasteiger partial charge in [0, 0.05) is 18.1 Å². The second-order valence-electron chi connectivity index (χ2n) is 4.92. The van der Waals surface area contributed by atoms with Gasteiger partial charge in [0.1, 0.15) is 5.82 Å². The number of nitrogens with one attached hydrogen (secondary N) is 1. The van der Waals surface area contributed by atoms with Crippen LogP contribution in [0.4, 0.5) is 0 Å². The minimum Gasteiger partial charge on any atom is -0.493 e. The lowest BCUT2D eigenvalue weighted by Crippen LogP contribution is -1.99. The monoisotopic (exact) mass is 262 g/mol. The summed E-state index contributed by atoms with van der Waals surface area (Å²) in [5.74, 6) is 2.74. The van der Waals surface area contributed by atoms with E-state index in [0.29, 0.717) is 23.5 Å². The van der Waals surface area contributed by atoms with Gasteiger partial charge < -0.3 is 19.2 Å². The Morgan fingerprint density at radius 2 is 2.00 bits per heavy atom. The molecule has 2 aromatic rings. The number of rotatable bonds is 3. The molecular formula is C14H18N2O3. The molecule has 1 aliphatic rings. The van der Waals surface area contributed by atoms with Crippen LogP contribution in [0.15, 0.2) is 12.1 Å². The lowest BCUT2D eigenvalue weighted by molar-refractivity contribution is 0.123. The Kier molecular flexibility index (Phi) is 3.06. The van der Waals surface area contributed by atoms with Crippen molar-refractivity contribution < 1.29 is 14.2 Å². The number of ether oxygens (including phenoxy) is 3. The molecule has 1 aromatic carbocycles. The van der Waals surface area contributed by atoms with Crippen LogP contribution in [0.25, 0.3) is 11.0 Å². The fourth-order valence-electron chi connectivity index (χ4n) is 2.56. The highest BCUT2D eigenvalue weighted by atomic mass is 16.5. The number of benzene rings is 1. The fourth-order valence-corrected chi connectivity index (χ4v) is 2.56. The van der Waals surface area contributed by atoms with E-state index in [0.717, 1.165) is 29.9 Å². The van der Waals surface area contributed by atoms with Crippen molar-refractivity contribution in [2.75, 3.05) is 20.8 Å². The van der Waals surface area contributed by atoms with Gasteiger partial charge in [0.2, 0.25) is 0 Å². The van der Waals surface area contributed by atoms with Crippen LogP contribution in [0.5, 0.6) is 11.5 Å². The molecule has 5 heteroatoms. The molecule has 1 N–H and O–H groups in total. The molecule has 1 aromatic heterocycles. The Labute approximate surface area is 111 Å². The zero-order valence-corrected chi connectivity index (χ0v) is 11.4. The second-order valence-corrected chi connectivity index (χ2v) is 4.92. The lowest BCUT2D eigenvalue weighted by Gasteiger charge is -2.06. The third-order valence-corrected chi connectivity index (χ3v) is 3.59. The summed E-state index contributed by atoms with van der Waals surface area (Å²) >= 11 is 0. The van der Waals surface area contributed by atoms with Crippen molar-refractivity contribution in [1.29, 1.82) is 0 Å². The van der Waals surface area contributed by atoms with Gasteiger partial charge in [-0.3, -0.25) is 0 Å². The van der Waals surface area contributed by atoms with E-state index in [4.69, 9.17) is 14.2 Å². The van der Waals surface area contributed by atoms with Crippen LogP contribution in [-0.2, 0) is 4.74 Å². The quantitative estimate of drug-likeness (QED) is 0.923. The predicted molar refractivity (Wildman–Crippen MR) is 72.0 cm³/mol. The molecule has 2 heterocycles. The maximum atomic E-state index is 5.60. The first-order valence-electron chi connectivity index (χ1n) is 6.44. The normalized spacial score (nSPS) is 22.9. The summed E-state index contributed by atoms with van der Waals surface area (Å²) in [6.45, 7) is 2.82. The Morgan fingerprint density at radius 3 is 2.63 bits per heavy atom. The van der Waals surface area contributed by atoms with Gasteiger partial charge in [0.05, 0.1) is 38.0 Å². The van der Waals surface area contributed by atoms with Gasteiger partial charge in [-0.1, -0.05) is 0 Å². The number of aromatic amines is 1. The fraction of sp³-hybridized carbons (Fsp3) is 0.500. The van der Waals surface area contributed by atoms with Gasteiger partial charge in [-0.2, -0.15) is 0 Å². The van der Waals surface area contributed by atoms with Crippen molar-refractivity contribution in [3.8, 4) is 11.5 Å². The number of imidazole rings is 1. The number of H-pyrrole nitrogens is 1. The summed E-state index contributed by atoms with van der Waals surface area (Å²) in [5, 5.41) is 0. The molecule has 0 bridgehead atoms. The molecule has 1 saturated heterocycles. The minimum absolute atomic E-state index is 0.308. The first kappa shape index (κ1) is 12.3. The van der Waals surface area contributed by atoms with Crippen LogP contribution in [0.3, 0.4) is 0 Å². The average Bonchev–Trinajstić information content (AvgIpc) is 3.02. The van der Waals surface area contributed by atoms with E-state index in [1.54, 1.807) is 14.2 Å². The Hall–Kier alpha value is -1.75. The van der Waals surface area contributed by atoms with Crippen LogP contribution < -0.4 is 9.47 Å². The van der Waals surface area contributed by atoms with Crippen molar-refractivity contribution in [1.82, 2.24) is 9.97 Å². The zero-order chi connectivity index (χ0) is 13.4. The van der Waals surface area contributed by atoms with Crippen LogP contribution in [0.1, 0.15) is 25.1 Å². The minimum atomic E-state index is 0.308. The molecule has 102 valence electrons. The first-order valence-corrected chi connectivity index (χ1v) is 6.44. The maximum absolute atomic E-state index is 5.60. The van der Waals surface area contributed by atoms with E-state index < -0.39 is 0 Å².